The van der Waals surface area contributed by atoms with Gasteiger partial charge in [-0.1, -0.05) is 0 Å². The predicted molar refractivity (Wildman–Crippen MR) is 96.5 cm³/mol. The van der Waals surface area contributed by atoms with Crippen molar-refractivity contribution in [2.24, 2.45) is 0 Å². The molecule has 2 heterocycles. The summed E-state index contributed by atoms with van der Waals surface area (Å²) in [6.45, 7) is 0. The summed E-state index contributed by atoms with van der Waals surface area (Å²) in [4.78, 5) is 19.3. The van der Waals surface area contributed by atoms with Crippen LogP contribution >= 0.6 is 0 Å². The molecule has 0 aliphatic carbocycles. The van der Waals surface area contributed by atoms with E-state index in [1.54, 1.807) is 0 Å². The SMILES string of the molecule is CN1C(=N)NC(c2cc(NC(=O)c3cnc(C(F)F)cn3)ccc2F)CS1(=O)=O. The second kappa shape index (κ2) is 7.66. The molecule has 1 unspecified atom stereocenters. The smallest absolute Gasteiger partial charge is 0.281 e. The van der Waals surface area contributed by atoms with Crippen molar-refractivity contribution in [2.45, 2.75) is 12.5 Å². The lowest BCUT2D eigenvalue weighted by Gasteiger charge is -2.32. The minimum absolute atomic E-state index is 0.0663. The van der Waals surface area contributed by atoms with Crippen LogP contribution in [0.25, 0.3) is 0 Å². The summed E-state index contributed by atoms with van der Waals surface area (Å²) in [6, 6.07) is 2.46. The van der Waals surface area contributed by atoms with Crippen molar-refractivity contribution in [1.82, 2.24) is 19.6 Å². The second-order valence-electron chi connectivity index (χ2n) is 6.11. The fraction of sp³-hybridized carbons (Fsp3) is 0.250. The molecule has 0 saturated carbocycles. The number of carbonyl (C=O) groups is 1. The molecule has 3 N–H and O–H groups in total. The Labute approximate surface area is 163 Å². The van der Waals surface area contributed by atoms with E-state index in [-0.39, 0.29) is 16.9 Å². The summed E-state index contributed by atoms with van der Waals surface area (Å²) < 4.78 is 64.2. The lowest BCUT2D eigenvalue weighted by atomic mass is 10.1. The summed E-state index contributed by atoms with van der Waals surface area (Å²) in [5, 5.41) is 12.7. The van der Waals surface area contributed by atoms with Crippen molar-refractivity contribution in [3.05, 3.63) is 53.4 Å². The maximum absolute atomic E-state index is 14.3. The molecule has 1 fully saturated rings. The standard InChI is InChI=1S/C16H15F3N6O3S/c1-25-16(20)24-13(7-29(25,27)28)9-4-8(2-3-10(9)17)23-15(26)12-6-21-11(5-22-12)14(18)19/h2-6,13-14H,7H2,1H3,(H2,20,24)(H,23,26). The van der Waals surface area contributed by atoms with Crippen LogP contribution in [-0.2, 0) is 10.0 Å². The van der Waals surface area contributed by atoms with Gasteiger partial charge in [0.2, 0.25) is 16.0 Å². The molecule has 154 valence electrons. The number of hydrogen-bond acceptors (Lipinski definition) is 6. The molecule has 2 aromatic rings. The summed E-state index contributed by atoms with van der Waals surface area (Å²) in [5.41, 5.74) is -0.760. The van der Waals surface area contributed by atoms with Crippen LogP contribution in [0.2, 0.25) is 0 Å². The van der Waals surface area contributed by atoms with E-state index in [0.29, 0.717) is 0 Å². The zero-order valence-electron chi connectivity index (χ0n) is 14.9. The molecule has 1 aromatic heterocycles. The van der Waals surface area contributed by atoms with Gasteiger partial charge in [-0.3, -0.25) is 15.2 Å². The molecule has 0 spiro atoms. The summed E-state index contributed by atoms with van der Waals surface area (Å²) in [7, 11) is -2.60. The Morgan fingerprint density at radius 2 is 2.07 bits per heavy atom. The Morgan fingerprint density at radius 1 is 1.34 bits per heavy atom. The minimum Gasteiger partial charge on any atom is -0.348 e. The van der Waals surface area contributed by atoms with Crippen LogP contribution in [0.15, 0.2) is 30.6 Å². The first-order chi connectivity index (χ1) is 13.6. The first-order valence-corrected chi connectivity index (χ1v) is 9.72. The van der Waals surface area contributed by atoms with E-state index in [2.05, 4.69) is 20.6 Å². The number of hydrogen-bond donors (Lipinski definition) is 3. The number of nitrogens with one attached hydrogen (secondary N) is 3. The zero-order chi connectivity index (χ0) is 21.3. The number of guanidine groups is 1. The summed E-state index contributed by atoms with van der Waals surface area (Å²) >= 11 is 0. The number of amides is 1. The highest BCUT2D eigenvalue weighted by Crippen LogP contribution is 2.26. The van der Waals surface area contributed by atoms with Crippen molar-refractivity contribution < 1.29 is 26.4 Å². The van der Waals surface area contributed by atoms with Crippen LogP contribution < -0.4 is 10.6 Å². The van der Waals surface area contributed by atoms with Gasteiger partial charge in [0.25, 0.3) is 12.3 Å². The normalized spacial score (nSPS) is 18.4. The highest BCUT2D eigenvalue weighted by atomic mass is 32.2. The molecular weight excluding hydrogens is 413 g/mol. The predicted octanol–water partition coefficient (Wildman–Crippen LogP) is 1.65. The number of sulfonamides is 1. The molecule has 0 bridgehead atoms. The van der Waals surface area contributed by atoms with E-state index in [1.807, 2.05) is 0 Å². The molecular formula is C16H15F3N6O3S. The second-order valence-corrected chi connectivity index (χ2v) is 8.15. The van der Waals surface area contributed by atoms with Gasteiger partial charge in [-0.05, 0) is 18.2 Å². The highest BCUT2D eigenvalue weighted by molar-refractivity contribution is 7.89. The molecule has 1 aliphatic heterocycles. The Balaban J connectivity index is 1.82. The number of anilines is 1. The van der Waals surface area contributed by atoms with Crippen LogP contribution in [0.5, 0.6) is 0 Å². The highest BCUT2D eigenvalue weighted by Gasteiger charge is 2.34. The molecule has 13 heteroatoms. The van der Waals surface area contributed by atoms with E-state index >= 15 is 0 Å². The Bertz CT molecular complexity index is 1060. The van der Waals surface area contributed by atoms with Gasteiger partial charge in [-0.2, -0.15) is 0 Å². The number of rotatable bonds is 4. The third kappa shape index (κ3) is 4.29. The number of halogens is 3. The van der Waals surface area contributed by atoms with Crippen molar-refractivity contribution in [2.75, 3.05) is 18.1 Å². The number of nitrogens with zero attached hydrogens (tertiary/aromatic N) is 3. The number of alkyl halides is 2. The fourth-order valence-electron chi connectivity index (χ4n) is 2.58. The van der Waals surface area contributed by atoms with E-state index < -0.39 is 51.6 Å². The molecule has 1 atom stereocenters. The molecule has 3 rings (SSSR count). The lowest BCUT2D eigenvalue weighted by Crippen LogP contribution is -2.52. The van der Waals surface area contributed by atoms with E-state index in [1.165, 1.54) is 19.2 Å². The van der Waals surface area contributed by atoms with Crippen molar-refractivity contribution >= 4 is 27.6 Å². The van der Waals surface area contributed by atoms with Crippen molar-refractivity contribution in [1.29, 1.82) is 5.41 Å². The van der Waals surface area contributed by atoms with Gasteiger partial charge < -0.3 is 10.6 Å². The summed E-state index contributed by atoms with van der Waals surface area (Å²) in [5.74, 6) is -2.40. The minimum atomic E-state index is -3.80. The van der Waals surface area contributed by atoms with Gasteiger partial charge in [-0.15, -0.1) is 0 Å². The van der Waals surface area contributed by atoms with Crippen molar-refractivity contribution in [3.63, 3.8) is 0 Å². The van der Waals surface area contributed by atoms with E-state index in [9.17, 15) is 26.4 Å². The van der Waals surface area contributed by atoms with Crippen LogP contribution in [0.4, 0.5) is 18.9 Å². The monoisotopic (exact) mass is 428 g/mol. The maximum Gasteiger partial charge on any atom is 0.281 e. The first kappa shape index (κ1) is 20.5. The van der Waals surface area contributed by atoms with Gasteiger partial charge in [-0.25, -0.2) is 30.9 Å². The van der Waals surface area contributed by atoms with Gasteiger partial charge >= 0.3 is 0 Å². The van der Waals surface area contributed by atoms with E-state index in [0.717, 1.165) is 22.8 Å². The molecule has 1 saturated heterocycles. The van der Waals surface area contributed by atoms with Crippen LogP contribution in [-0.4, -0.2) is 47.4 Å². The van der Waals surface area contributed by atoms with Gasteiger partial charge in [0.15, 0.2) is 0 Å². The average Bonchev–Trinajstić information content (AvgIpc) is 2.67. The molecule has 0 radical (unpaired) electrons. The zero-order valence-corrected chi connectivity index (χ0v) is 15.7. The van der Waals surface area contributed by atoms with Crippen molar-refractivity contribution in [3.8, 4) is 0 Å². The molecule has 1 aromatic carbocycles. The fourth-order valence-corrected chi connectivity index (χ4v) is 3.82. The third-order valence-corrected chi connectivity index (χ3v) is 5.95. The third-order valence-electron chi connectivity index (χ3n) is 4.18. The molecule has 29 heavy (non-hydrogen) atoms. The van der Waals surface area contributed by atoms with Crippen LogP contribution in [0.1, 0.15) is 34.2 Å². The number of aromatic nitrogens is 2. The number of carbonyl (C=O) groups excluding carboxylic acids is 1. The Morgan fingerprint density at radius 3 is 2.66 bits per heavy atom. The van der Waals surface area contributed by atoms with Gasteiger partial charge in [0, 0.05) is 18.3 Å². The molecule has 9 nitrogen and oxygen atoms in total. The molecule has 1 aliphatic rings. The van der Waals surface area contributed by atoms with Gasteiger partial charge in [0.1, 0.15) is 17.2 Å². The summed E-state index contributed by atoms with van der Waals surface area (Å²) in [6.07, 6.45) is -1.17. The quantitative estimate of drug-likeness (QED) is 0.679. The first-order valence-electron chi connectivity index (χ1n) is 8.11. The Kier molecular flexibility index (Phi) is 5.42. The largest absolute Gasteiger partial charge is 0.348 e. The maximum atomic E-state index is 14.3. The Hall–Kier alpha value is -3.22. The van der Waals surface area contributed by atoms with Crippen LogP contribution in [0, 0.1) is 11.2 Å². The average molecular weight is 428 g/mol. The topological polar surface area (TPSA) is 128 Å². The van der Waals surface area contributed by atoms with E-state index in [4.69, 9.17) is 5.41 Å². The lowest BCUT2D eigenvalue weighted by molar-refractivity contribution is 0.102. The number of benzene rings is 1. The van der Waals surface area contributed by atoms with Gasteiger partial charge in [0.05, 0.1) is 24.2 Å². The molecule has 1 amide bonds. The van der Waals surface area contributed by atoms with Crippen LogP contribution in [0.3, 0.4) is 0 Å².